The summed E-state index contributed by atoms with van der Waals surface area (Å²) in [5.74, 6) is 0.199. The predicted molar refractivity (Wildman–Crippen MR) is 64.4 cm³/mol. The van der Waals surface area contributed by atoms with Gasteiger partial charge in [-0.05, 0) is 31.4 Å². The highest BCUT2D eigenvalue weighted by atomic mass is 16.3. The van der Waals surface area contributed by atoms with Gasteiger partial charge in [0.1, 0.15) is 11.5 Å². The maximum absolute atomic E-state index is 12.2. The van der Waals surface area contributed by atoms with E-state index in [1.807, 2.05) is 0 Å². The third-order valence-corrected chi connectivity index (χ3v) is 3.11. The van der Waals surface area contributed by atoms with E-state index in [0.29, 0.717) is 18.1 Å². The largest absolute Gasteiger partial charge is 0.395 e. The zero-order valence-electron chi connectivity index (χ0n) is 9.67. The lowest BCUT2D eigenvalue weighted by molar-refractivity contribution is 0.0520. The number of carbonyl (C=O) groups excluding carboxylic acids is 1. The molecule has 1 aliphatic rings. The molecule has 1 aromatic rings. The number of hydrogen-bond donors (Lipinski definition) is 2. The molecule has 0 saturated heterocycles. The molecule has 1 heterocycles. The molecular formula is C12H17N3O2. The number of anilines is 1. The number of aromatic nitrogens is 1. The van der Waals surface area contributed by atoms with Gasteiger partial charge in [-0.3, -0.25) is 4.79 Å². The molecule has 1 fully saturated rings. The fourth-order valence-corrected chi connectivity index (χ4v) is 1.97. The highest BCUT2D eigenvalue weighted by molar-refractivity contribution is 5.92. The van der Waals surface area contributed by atoms with Crippen LogP contribution < -0.4 is 5.73 Å². The van der Waals surface area contributed by atoms with Gasteiger partial charge in [0.05, 0.1) is 6.61 Å². The first-order valence-electron chi connectivity index (χ1n) is 5.86. The standard InChI is InChI=1S/C12H17N3O2/c13-11-6-2-5-10(14-11)12(17)15(7-8-16)9-3-1-4-9/h2,5-6,9,16H,1,3-4,7-8H2,(H2,13,14). The number of nitrogens with zero attached hydrogens (tertiary/aromatic N) is 2. The summed E-state index contributed by atoms with van der Waals surface area (Å²) in [4.78, 5) is 17.9. The van der Waals surface area contributed by atoms with Gasteiger partial charge in [0.15, 0.2) is 0 Å². The van der Waals surface area contributed by atoms with Crippen LogP contribution in [0.2, 0.25) is 0 Å². The SMILES string of the molecule is Nc1cccc(C(=O)N(CCO)C2CCC2)n1. The number of amides is 1. The van der Waals surface area contributed by atoms with Gasteiger partial charge in [0.2, 0.25) is 0 Å². The molecule has 1 aliphatic carbocycles. The van der Waals surface area contributed by atoms with Crippen LogP contribution >= 0.6 is 0 Å². The molecule has 2 rings (SSSR count). The van der Waals surface area contributed by atoms with Gasteiger partial charge in [-0.2, -0.15) is 0 Å². The Morgan fingerprint density at radius 3 is 2.82 bits per heavy atom. The van der Waals surface area contributed by atoms with Crippen LogP contribution in [0.3, 0.4) is 0 Å². The molecule has 5 nitrogen and oxygen atoms in total. The Morgan fingerprint density at radius 2 is 2.29 bits per heavy atom. The minimum atomic E-state index is -0.143. The summed E-state index contributed by atoms with van der Waals surface area (Å²) in [6, 6.07) is 5.27. The molecule has 0 unspecified atom stereocenters. The molecule has 0 bridgehead atoms. The molecule has 92 valence electrons. The summed E-state index contributed by atoms with van der Waals surface area (Å²) >= 11 is 0. The predicted octanol–water partition coefficient (Wildman–Crippen LogP) is 0.651. The lowest BCUT2D eigenvalue weighted by Gasteiger charge is -2.37. The summed E-state index contributed by atoms with van der Waals surface area (Å²) < 4.78 is 0. The smallest absolute Gasteiger partial charge is 0.272 e. The summed E-state index contributed by atoms with van der Waals surface area (Å²) in [6.07, 6.45) is 3.16. The van der Waals surface area contributed by atoms with Crippen molar-refractivity contribution in [3.05, 3.63) is 23.9 Å². The minimum absolute atomic E-state index is 0.0233. The molecule has 5 heteroatoms. The monoisotopic (exact) mass is 235 g/mol. The molecule has 3 N–H and O–H groups in total. The molecular weight excluding hydrogens is 218 g/mol. The number of aliphatic hydroxyl groups is 1. The van der Waals surface area contributed by atoms with E-state index in [2.05, 4.69) is 4.98 Å². The van der Waals surface area contributed by atoms with Crippen LogP contribution in [0.15, 0.2) is 18.2 Å². The van der Waals surface area contributed by atoms with Crippen LogP contribution in [-0.2, 0) is 0 Å². The van der Waals surface area contributed by atoms with Crippen LogP contribution in [0.4, 0.5) is 5.82 Å². The van der Waals surface area contributed by atoms with Crippen LogP contribution in [0.1, 0.15) is 29.8 Å². The Bertz CT molecular complexity index is 404. The van der Waals surface area contributed by atoms with Gasteiger partial charge in [-0.25, -0.2) is 4.98 Å². The Hall–Kier alpha value is -1.62. The zero-order valence-corrected chi connectivity index (χ0v) is 9.67. The average molecular weight is 235 g/mol. The van der Waals surface area contributed by atoms with Crippen LogP contribution in [0.5, 0.6) is 0 Å². The Balaban J connectivity index is 2.15. The topological polar surface area (TPSA) is 79.5 Å². The van der Waals surface area contributed by atoms with Crippen molar-refractivity contribution in [2.45, 2.75) is 25.3 Å². The van der Waals surface area contributed by atoms with Crippen molar-refractivity contribution in [3.8, 4) is 0 Å². The van der Waals surface area contributed by atoms with Crippen LogP contribution in [0.25, 0.3) is 0 Å². The number of pyridine rings is 1. The van der Waals surface area contributed by atoms with Crippen molar-refractivity contribution in [2.24, 2.45) is 0 Å². The molecule has 1 amide bonds. The maximum Gasteiger partial charge on any atom is 0.272 e. The van der Waals surface area contributed by atoms with E-state index in [9.17, 15) is 4.79 Å². The van der Waals surface area contributed by atoms with E-state index in [-0.39, 0.29) is 18.6 Å². The highest BCUT2D eigenvalue weighted by Crippen LogP contribution is 2.25. The third kappa shape index (κ3) is 2.55. The van der Waals surface area contributed by atoms with E-state index in [0.717, 1.165) is 19.3 Å². The molecule has 1 saturated carbocycles. The maximum atomic E-state index is 12.2. The first kappa shape index (κ1) is 11.9. The van der Waals surface area contributed by atoms with Gasteiger partial charge in [-0.1, -0.05) is 6.07 Å². The second-order valence-electron chi connectivity index (χ2n) is 4.25. The first-order chi connectivity index (χ1) is 8.22. The van der Waals surface area contributed by atoms with Crippen molar-refractivity contribution in [3.63, 3.8) is 0 Å². The van der Waals surface area contributed by atoms with Crippen LogP contribution in [0, 0.1) is 0 Å². The second kappa shape index (κ2) is 5.14. The molecule has 17 heavy (non-hydrogen) atoms. The Labute approximate surface area is 100 Å². The lowest BCUT2D eigenvalue weighted by atomic mass is 9.91. The fraction of sp³-hybridized carbons (Fsp3) is 0.500. The molecule has 0 radical (unpaired) electrons. The summed E-state index contributed by atoms with van der Waals surface area (Å²) in [5, 5.41) is 9.02. The van der Waals surface area contributed by atoms with Crippen molar-refractivity contribution in [2.75, 3.05) is 18.9 Å². The summed E-state index contributed by atoms with van der Waals surface area (Å²) in [7, 11) is 0. The molecule has 0 spiro atoms. The lowest BCUT2D eigenvalue weighted by Crippen LogP contribution is -2.45. The van der Waals surface area contributed by atoms with E-state index < -0.39 is 0 Å². The number of hydrogen-bond acceptors (Lipinski definition) is 4. The number of aliphatic hydroxyl groups excluding tert-OH is 1. The average Bonchev–Trinajstić information content (AvgIpc) is 2.25. The van der Waals surface area contributed by atoms with Gasteiger partial charge >= 0.3 is 0 Å². The van der Waals surface area contributed by atoms with Gasteiger partial charge in [0.25, 0.3) is 5.91 Å². The minimum Gasteiger partial charge on any atom is -0.395 e. The number of nitrogen functional groups attached to an aromatic ring is 1. The van der Waals surface area contributed by atoms with Gasteiger partial charge in [0, 0.05) is 12.6 Å². The third-order valence-electron chi connectivity index (χ3n) is 3.11. The van der Waals surface area contributed by atoms with Crippen molar-refractivity contribution < 1.29 is 9.90 Å². The Morgan fingerprint density at radius 1 is 1.53 bits per heavy atom. The van der Waals surface area contributed by atoms with Crippen molar-refractivity contribution in [1.29, 1.82) is 0 Å². The second-order valence-corrected chi connectivity index (χ2v) is 4.25. The van der Waals surface area contributed by atoms with E-state index in [1.54, 1.807) is 23.1 Å². The quantitative estimate of drug-likeness (QED) is 0.803. The number of nitrogens with two attached hydrogens (primary N) is 1. The van der Waals surface area contributed by atoms with E-state index in [1.165, 1.54) is 0 Å². The highest BCUT2D eigenvalue weighted by Gasteiger charge is 2.29. The zero-order chi connectivity index (χ0) is 12.3. The molecule has 0 aliphatic heterocycles. The summed E-state index contributed by atoms with van der Waals surface area (Å²) in [6.45, 7) is 0.338. The van der Waals surface area contributed by atoms with Gasteiger partial charge < -0.3 is 15.7 Å². The van der Waals surface area contributed by atoms with Gasteiger partial charge in [-0.15, -0.1) is 0 Å². The molecule has 0 atom stereocenters. The number of carbonyl (C=O) groups is 1. The van der Waals surface area contributed by atoms with Crippen molar-refractivity contribution in [1.82, 2.24) is 9.88 Å². The normalized spacial score (nSPS) is 15.4. The number of rotatable bonds is 4. The van der Waals surface area contributed by atoms with E-state index in [4.69, 9.17) is 10.8 Å². The fourth-order valence-electron chi connectivity index (χ4n) is 1.97. The molecule has 0 aromatic carbocycles. The summed E-state index contributed by atoms with van der Waals surface area (Å²) in [5.41, 5.74) is 5.91. The molecule has 1 aromatic heterocycles. The van der Waals surface area contributed by atoms with E-state index >= 15 is 0 Å². The van der Waals surface area contributed by atoms with Crippen molar-refractivity contribution >= 4 is 11.7 Å². The van der Waals surface area contributed by atoms with Crippen LogP contribution in [-0.4, -0.2) is 40.1 Å². The first-order valence-corrected chi connectivity index (χ1v) is 5.86. The Kier molecular flexibility index (Phi) is 3.58.